The van der Waals surface area contributed by atoms with E-state index >= 15 is 0 Å². The van der Waals surface area contributed by atoms with Gasteiger partial charge in [-0.25, -0.2) is 4.68 Å². The van der Waals surface area contributed by atoms with E-state index in [0.29, 0.717) is 24.5 Å². The number of benzene rings is 1. The van der Waals surface area contributed by atoms with Gasteiger partial charge in [0.2, 0.25) is 5.91 Å². The highest BCUT2D eigenvalue weighted by atomic mass is 16.5. The molecule has 9 heteroatoms. The summed E-state index contributed by atoms with van der Waals surface area (Å²) in [5.41, 5.74) is 5.32. The number of carbonyl (C=O) groups is 1. The van der Waals surface area contributed by atoms with Crippen LogP contribution in [0.3, 0.4) is 0 Å². The molecule has 0 bridgehead atoms. The van der Waals surface area contributed by atoms with Crippen molar-refractivity contribution in [2.24, 2.45) is 0 Å². The molecule has 0 aliphatic rings. The van der Waals surface area contributed by atoms with Gasteiger partial charge in [-0.1, -0.05) is 5.16 Å². The Labute approximate surface area is 185 Å². The molecule has 4 rings (SSSR count). The van der Waals surface area contributed by atoms with Crippen LogP contribution in [0.5, 0.6) is 0 Å². The van der Waals surface area contributed by atoms with Crippen LogP contribution in [0.25, 0.3) is 5.82 Å². The molecule has 0 spiro atoms. The molecule has 2 N–H and O–H groups in total. The van der Waals surface area contributed by atoms with Gasteiger partial charge in [0, 0.05) is 29.1 Å². The number of anilines is 3. The summed E-state index contributed by atoms with van der Waals surface area (Å²) < 4.78 is 6.90. The summed E-state index contributed by atoms with van der Waals surface area (Å²) in [6, 6.07) is 13.1. The number of amides is 1. The first-order valence-electron chi connectivity index (χ1n) is 10.3. The van der Waals surface area contributed by atoms with E-state index in [-0.39, 0.29) is 5.91 Å². The lowest BCUT2D eigenvalue weighted by atomic mass is 10.1. The number of aromatic nitrogens is 5. The van der Waals surface area contributed by atoms with Gasteiger partial charge in [0.15, 0.2) is 11.6 Å². The maximum absolute atomic E-state index is 12.3. The largest absolute Gasteiger partial charge is 0.361 e. The molecule has 32 heavy (non-hydrogen) atoms. The van der Waals surface area contributed by atoms with E-state index in [1.165, 1.54) is 0 Å². The minimum absolute atomic E-state index is 0.0590. The van der Waals surface area contributed by atoms with Crippen molar-refractivity contribution in [2.45, 2.75) is 40.5 Å². The predicted octanol–water partition coefficient (Wildman–Crippen LogP) is 4.20. The number of rotatable bonds is 7. The summed E-state index contributed by atoms with van der Waals surface area (Å²) in [5.74, 6) is 1.98. The molecule has 164 valence electrons. The van der Waals surface area contributed by atoms with Crippen molar-refractivity contribution in [3.8, 4) is 5.82 Å². The summed E-state index contributed by atoms with van der Waals surface area (Å²) in [5, 5.41) is 22.9. The highest BCUT2D eigenvalue weighted by Gasteiger charge is 2.11. The van der Waals surface area contributed by atoms with Crippen molar-refractivity contribution in [2.75, 3.05) is 10.6 Å². The molecule has 1 amide bonds. The molecular formula is C23H25N7O2. The fourth-order valence-electron chi connectivity index (χ4n) is 3.47. The lowest BCUT2D eigenvalue weighted by Crippen LogP contribution is -2.12. The first kappa shape index (κ1) is 21.2. The molecule has 0 unspecified atom stereocenters. The van der Waals surface area contributed by atoms with Gasteiger partial charge in [-0.15, -0.1) is 10.2 Å². The van der Waals surface area contributed by atoms with E-state index in [9.17, 15) is 4.79 Å². The van der Waals surface area contributed by atoms with Crippen molar-refractivity contribution in [3.05, 3.63) is 70.9 Å². The Kier molecular flexibility index (Phi) is 5.98. The Morgan fingerprint density at radius 3 is 2.34 bits per heavy atom. The third-order valence-electron chi connectivity index (χ3n) is 5.10. The molecule has 0 aliphatic carbocycles. The quantitative estimate of drug-likeness (QED) is 0.451. The second kappa shape index (κ2) is 9.01. The molecule has 3 aromatic heterocycles. The summed E-state index contributed by atoms with van der Waals surface area (Å²) in [6.07, 6.45) is 0.957. The lowest BCUT2D eigenvalue weighted by Gasteiger charge is -2.09. The van der Waals surface area contributed by atoms with Crippen molar-refractivity contribution in [3.63, 3.8) is 0 Å². The van der Waals surface area contributed by atoms with Gasteiger partial charge in [0.05, 0.1) is 11.4 Å². The first-order valence-corrected chi connectivity index (χ1v) is 10.3. The zero-order valence-electron chi connectivity index (χ0n) is 18.5. The SMILES string of the molecule is Cc1cc(C)n(-c2ccc(Nc3ccc(NC(=O)CCc4c(C)noc4C)cc3)nn2)n1. The van der Waals surface area contributed by atoms with Gasteiger partial charge in [-0.2, -0.15) is 5.10 Å². The maximum Gasteiger partial charge on any atom is 0.224 e. The maximum atomic E-state index is 12.3. The van der Waals surface area contributed by atoms with Gasteiger partial charge in [0.1, 0.15) is 5.76 Å². The van der Waals surface area contributed by atoms with Crippen LogP contribution in [0, 0.1) is 27.7 Å². The van der Waals surface area contributed by atoms with Crippen molar-refractivity contribution < 1.29 is 9.32 Å². The van der Waals surface area contributed by atoms with Gasteiger partial charge < -0.3 is 15.2 Å². The number of carbonyl (C=O) groups excluding carboxylic acids is 1. The van der Waals surface area contributed by atoms with E-state index in [2.05, 4.69) is 31.1 Å². The normalized spacial score (nSPS) is 10.9. The molecule has 0 radical (unpaired) electrons. The summed E-state index contributed by atoms with van der Waals surface area (Å²) >= 11 is 0. The second-order valence-corrected chi connectivity index (χ2v) is 7.67. The number of hydrogen-bond donors (Lipinski definition) is 2. The van der Waals surface area contributed by atoms with Crippen LogP contribution >= 0.6 is 0 Å². The standard InChI is InChI=1S/C23H25N7O2/c1-14-13-15(2)30(28-14)22-11-10-21(26-27-22)24-18-5-7-19(8-6-18)25-23(31)12-9-20-16(3)29-32-17(20)4/h5-8,10-11,13H,9,12H2,1-4H3,(H,24,26)(H,25,31). The first-order chi connectivity index (χ1) is 15.4. The van der Waals surface area contributed by atoms with Gasteiger partial charge in [-0.05, 0) is 76.6 Å². The van der Waals surface area contributed by atoms with E-state index in [4.69, 9.17) is 4.52 Å². The van der Waals surface area contributed by atoms with Gasteiger partial charge in [0.25, 0.3) is 0 Å². The van der Waals surface area contributed by atoms with E-state index in [1.807, 2.05) is 70.2 Å². The third-order valence-corrected chi connectivity index (χ3v) is 5.10. The number of nitrogens with one attached hydrogen (secondary N) is 2. The molecule has 0 saturated carbocycles. The zero-order valence-corrected chi connectivity index (χ0v) is 18.5. The van der Waals surface area contributed by atoms with Crippen molar-refractivity contribution in [1.82, 2.24) is 25.1 Å². The molecular weight excluding hydrogens is 406 g/mol. The van der Waals surface area contributed by atoms with E-state index in [1.54, 1.807) is 4.68 Å². The van der Waals surface area contributed by atoms with Crippen LogP contribution in [-0.4, -0.2) is 31.0 Å². The van der Waals surface area contributed by atoms with Crippen molar-refractivity contribution in [1.29, 1.82) is 0 Å². The molecule has 3 heterocycles. The van der Waals surface area contributed by atoms with Crippen molar-refractivity contribution >= 4 is 23.1 Å². The van der Waals surface area contributed by atoms with Crippen LogP contribution in [0.4, 0.5) is 17.2 Å². The van der Waals surface area contributed by atoms with Crippen LogP contribution in [0.1, 0.15) is 34.8 Å². The molecule has 4 aromatic rings. The molecule has 1 aromatic carbocycles. The van der Waals surface area contributed by atoms with Gasteiger partial charge >= 0.3 is 0 Å². The summed E-state index contributed by atoms with van der Waals surface area (Å²) in [4.78, 5) is 12.3. The third kappa shape index (κ3) is 4.83. The second-order valence-electron chi connectivity index (χ2n) is 7.67. The highest BCUT2D eigenvalue weighted by Crippen LogP contribution is 2.19. The van der Waals surface area contributed by atoms with Crippen LogP contribution < -0.4 is 10.6 Å². The average Bonchev–Trinajstić information content (AvgIpc) is 3.28. The number of aryl methyl sites for hydroxylation is 4. The minimum Gasteiger partial charge on any atom is -0.361 e. The Morgan fingerprint density at radius 1 is 1.00 bits per heavy atom. The van der Waals surface area contributed by atoms with Crippen LogP contribution in [0.15, 0.2) is 47.0 Å². The Hall–Kier alpha value is -4.01. The Morgan fingerprint density at radius 2 is 1.75 bits per heavy atom. The minimum atomic E-state index is -0.0590. The molecule has 9 nitrogen and oxygen atoms in total. The Balaban J connectivity index is 1.32. The van der Waals surface area contributed by atoms with Crippen LogP contribution in [0.2, 0.25) is 0 Å². The Bertz CT molecular complexity index is 1200. The fourth-order valence-corrected chi connectivity index (χ4v) is 3.47. The van der Waals surface area contributed by atoms with Gasteiger partial charge in [-0.3, -0.25) is 4.79 Å². The number of nitrogens with zero attached hydrogens (tertiary/aromatic N) is 5. The summed E-state index contributed by atoms with van der Waals surface area (Å²) in [7, 11) is 0. The predicted molar refractivity (Wildman–Crippen MR) is 121 cm³/mol. The van der Waals surface area contributed by atoms with Crippen LogP contribution in [-0.2, 0) is 11.2 Å². The molecule has 0 fully saturated rings. The fraction of sp³-hybridized carbons (Fsp3) is 0.261. The molecule has 0 saturated heterocycles. The highest BCUT2D eigenvalue weighted by molar-refractivity contribution is 5.91. The average molecular weight is 432 g/mol. The lowest BCUT2D eigenvalue weighted by molar-refractivity contribution is -0.116. The number of hydrogen-bond acceptors (Lipinski definition) is 7. The topological polar surface area (TPSA) is 111 Å². The molecule has 0 aliphatic heterocycles. The summed E-state index contributed by atoms with van der Waals surface area (Å²) in [6.45, 7) is 7.66. The monoisotopic (exact) mass is 431 g/mol. The smallest absolute Gasteiger partial charge is 0.224 e. The zero-order chi connectivity index (χ0) is 22.7. The van der Waals surface area contributed by atoms with E-state index in [0.717, 1.165) is 39.8 Å². The van der Waals surface area contributed by atoms with E-state index < -0.39 is 0 Å². The molecule has 0 atom stereocenters.